The molecular weight excluding hydrogens is 262 g/mol. The maximum Gasteiger partial charge on any atom is 0.227 e. The highest BCUT2D eigenvalue weighted by molar-refractivity contribution is 5.54. The van der Waals surface area contributed by atoms with Gasteiger partial charge in [-0.3, -0.25) is 0 Å². The SMILES string of the molecule is c1ccc(COc2ccc(Nc3ncccn3)cc2)cc1. The normalized spacial score (nSPS) is 10.1. The van der Waals surface area contributed by atoms with Crippen LogP contribution in [0.1, 0.15) is 5.56 Å². The maximum atomic E-state index is 5.74. The second-order valence-electron chi connectivity index (χ2n) is 4.50. The predicted octanol–water partition coefficient (Wildman–Crippen LogP) is 3.80. The van der Waals surface area contributed by atoms with Gasteiger partial charge in [0.25, 0.3) is 0 Å². The van der Waals surface area contributed by atoms with Crippen molar-refractivity contribution >= 4 is 11.6 Å². The van der Waals surface area contributed by atoms with Crippen LogP contribution in [0.5, 0.6) is 5.75 Å². The van der Waals surface area contributed by atoms with E-state index in [1.54, 1.807) is 18.5 Å². The molecule has 0 bridgehead atoms. The van der Waals surface area contributed by atoms with Crippen LogP contribution >= 0.6 is 0 Å². The maximum absolute atomic E-state index is 5.74. The van der Waals surface area contributed by atoms with Gasteiger partial charge >= 0.3 is 0 Å². The lowest BCUT2D eigenvalue weighted by Gasteiger charge is -2.08. The Morgan fingerprint density at radius 3 is 2.24 bits per heavy atom. The van der Waals surface area contributed by atoms with E-state index in [2.05, 4.69) is 15.3 Å². The van der Waals surface area contributed by atoms with Gasteiger partial charge < -0.3 is 10.1 Å². The Bertz CT molecular complexity index is 669. The van der Waals surface area contributed by atoms with Gasteiger partial charge in [0, 0.05) is 18.1 Å². The summed E-state index contributed by atoms with van der Waals surface area (Å²) in [5.74, 6) is 1.41. The van der Waals surface area contributed by atoms with Crippen molar-refractivity contribution in [1.29, 1.82) is 0 Å². The second-order valence-corrected chi connectivity index (χ2v) is 4.50. The summed E-state index contributed by atoms with van der Waals surface area (Å²) < 4.78 is 5.74. The van der Waals surface area contributed by atoms with Crippen LogP contribution in [0.15, 0.2) is 73.1 Å². The number of nitrogens with zero attached hydrogens (tertiary/aromatic N) is 2. The molecule has 2 aromatic carbocycles. The van der Waals surface area contributed by atoms with Crippen molar-refractivity contribution in [2.45, 2.75) is 6.61 Å². The highest BCUT2D eigenvalue weighted by Gasteiger charge is 1.98. The van der Waals surface area contributed by atoms with Gasteiger partial charge in [0.2, 0.25) is 5.95 Å². The van der Waals surface area contributed by atoms with E-state index in [0.717, 1.165) is 17.0 Å². The Kier molecular flexibility index (Phi) is 4.07. The minimum absolute atomic E-state index is 0.565. The zero-order valence-corrected chi connectivity index (χ0v) is 11.4. The third kappa shape index (κ3) is 3.79. The first-order valence-corrected chi connectivity index (χ1v) is 6.71. The molecule has 0 radical (unpaired) electrons. The van der Waals surface area contributed by atoms with Crippen molar-refractivity contribution in [3.8, 4) is 5.75 Å². The van der Waals surface area contributed by atoms with Crippen LogP contribution in [-0.4, -0.2) is 9.97 Å². The first-order valence-electron chi connectivity index (χ1n) is 6.71. The van der Waals surface area contributed by atoms with Crippen LogP contribution in [0.4, 0.5) is 11.6 Å². The number of rotatable bonds is 5. The molecule has 0 aliphatic carbocycles. The van der Waals surface area contributed by atoms with Crippen molar-refractivity contribution in [3.63, 3.8) is 0 Å². The van der Waals surface area contributed by atoms with Gasteiger partial charge in [0.05, 0.1) is 0 Å². The van der Waals surface area contributed by atoms with Gasteiger partial charge in [0.15, 0.2) is 0 Å². The molecule has 0 spiro atoms. The van der Waals surface area contributed by atoms with Gasteiger partial charge in [0.1, 0.15) is 12.4 Å². The summed E-state index contributed by atoms with van der Waals surface area (Å²) >= 11 is 0. The summed E-state index contributed by atoms with van der Waals surface area (Å²) in [5.41, 5.74) is 2.07. The van der Waals surface area contributed by atoms with Crippen molar-refractivity contribution in [1.82, 2.24) is 9.97 Å². The number of anilines is 2. The van der Waals surface area contributed by atoms with Crippen LogP contribution in [0.25, 0.3) is 0 Å². The van der Waals surface area contributed by atoms with E-state index in [-0.39, 0.29) is 0 Å². The molecule has 0 amide bonds. The highest BCUT2D eigenvalue weighted by atomic mass is 16.5. The number of benzene rings is 2. The fourth-order valence-corrected chi connectivity index (χ4v) is 1.87. The fourth-order valence-electron chi connectivity index (χ4n) is 1.87. The standard InChI is InChI=1S/C17H15N3O/c1-2-5-14(6-3-1)13-21-16-9-7-15(8-10-16)20-17-18-11-4-12-19-17/h1-12H,13H2,(H,18,19,20). The smallest absolute Gasteiger partial charge is 0.227 e. The number of hydrogen-bond donors (Lipinski definition) is 1. The summed E-state index contributed by atoms with van der Waals surface area (Å²) in [6, 6.07) is 19.6. The molecule has 3 aromatic rings. The minimum Gasteiger partial charge on any atom is -0.489 e. The molecule has 3 rings (SSSR count). The Morgan fingerprint density at radius 1 is 0.810 bits per heavy atom. The Hall–Kier alpha value is -2.88. The molecule has 1 N–H and O–H groups in total. The van der Waals surface area contributed by atoms with Crippen LogP contribution in [0, 0.1) is 0 Å². The number of nitrogens with one attached hydrogen (secondary N) is 1. The van der Waals surface area contributed by atoms with Gasteiger partial charge in [-0.25, -0.2) is 9.97 Å². The predicted molar refractivity (Wildman–Crippen MR) is 82.5 cm³/mol. The fraction of sp³-hybridized carbons (Fsp3) is 0.0588. The molecule has 1 aromatic heterocycles. The van der Waals surface area contributed by atoms with E-state index < -0.39 is 0 Å². The molecule has 4 nitrogen and oxygen atoms in total. The molecule has 0 fully saturated rings. The Balaban J connectivity index is 1.59. The van der Waals surface area contributed by atoms with Crippen molar-refractivity contribution in [2.24, 2.45) is 0 Å². The molecule has 21 heavy (non-hydrogen) atoms. The third-order valence-electron chi connectivity index (χ3n) is 2.92. The lowest BCUT2D eigenvalue weighted by molar-refractivity contribution is 0.306. The number of ether oxygens (including phenoxy) is 1. The molecule has 0 saturated heterocycles. The van der Waals surface area contributed by atoms with Gasteiger partial charge in [-0.1, -0.05) is 30.3 Å². The number of hydrogen-bond acceptors (Lipinski definition) is 4. The Labute approximate surface area is 123 Å². The van der Waals surface area contributed by atoms with Crippen molar-refractivity contribution in [2.75, 3.05) is 5.32 Å². The van der Waals surface area contributed by atoms with E-state index >= 15 is 0 Å². The number of aromatic nitrogens is 2. The van der Waals surface area contributed by atoms with E-state index in [0.29, 0.717) is 12.6 Å². The summed E-state index contributed by atoms with van der Waals surface area (Å²) in [4.78, 5) is 8.24. The lowest BCUT2D eigenvalue weighted by atomic mass is 10.2. The van der Waals surface area contributed by atoms with Gasteiger partial charge in [-0.05, 0) is 35.9 Å². The first-order chi connectivity index (χ1) is 10.4. The van der Waals surface area contributed by atoms with E-state index in [4.69, 9.17) is 4.74 Å². The summed E-state index contributed by atoms with van der Waals surface area (Å²) in [6.07, 6.45) is 3.40. The molecule has 1 heterocycles. The molecule has 0 saturated carbocycles. The van der Waals surface area contributed by atoms with Crippen LogP contribution < -0.4 is 10.1 Å². The molecule has 0 atom stereocenters. The second kappa shape index (κ2) is 6.52. The molecule has 0 aliphatic rings. The van der Waals surface area contributed by atoms with Crippen molar-refractivity contribution < 1.29 is 4.74 Å². The first kappa shape index (κ1) is 13.1. The lowest BCUT2D eigenvalue weighted by Crippen LogP contribution is -1.97. The molecular formula is C17H15N3O. The summed E-state index contributed by atoms with van der Waals surface area (Å²) in [7, 11) is 0. The van der Waals surface area contributed by atoms with E-state index in [1.165, 1.54) is 0 Å². The van der Waals surface area contributed by atoms with Crippen LogP contribution in [0.2, 0.25) is 0 Å². The molecule has 0 unspecified atom stereocenters. The van der Waals surface area contributed by atoms with Crippen LogP contribution in [0.3, 0.4) is 0 Å². The highest BCUT2D eigenvalue weighted by Crippen LogP contribution is 2.18. The summed E-state index contributed by atoms with van der Waals surface area (Å²) in [6.45, 7) is 0.565. The largest absolute Gasteiger partial charge is 0.489 e. The topological polar surface area (TPSA) is 47.0 Å². The quantitative estimate of drug-likeness (QED) is 0.770. The van der Waals surface area contributed by atoms with Gasteiger partial charge in [-0.15, -0.1) is 0 Å². The minimum atomic E-state index is 0.565. The van der Waals surface area contributed by atoms with Crippen LogP contribution in [-0.2, 0) is 6.61 Å². The zero-order valence-electron chi connectivity index (χ0n) is 11.4. The molecule has 104 valence electrons. The van der Waals surface area contributed by atoms with Gasteiger partial charge in [-0.2, -0.15) is 0 Å². The third-order valence-corrected chi connectivity index (χ3v) is 2.92. The van der Waals surface area contributed by atoms with E-state index in [1.807, 2.05) is 54.6 Å². The monoisotopic (exact) mass is 277 g/mol. The van der Waals surface area contributed by atoms with E-state index in [9.17, 15) is 0 Å². The average Bonchev–Trinajstić information content (AvgIpc) is 2.56. The van der Waals surface area contributed by atoms with Crippen molar-refractivity contribution in [3.05, 3.63) is 78.6 Å². The molecule has 0 aliphatic heterocycles. The summed E-state index contributed by atoms with van der Waals surface area (Å²) in [5, 5.41) is 3.13. The zero-order chi connectivity index (χ0) is 14.3. The Morgan fingerprint density at radius 2 is 1.52 bits per heavy atom. The molecule has 4 heteroatoms. The average molecular weight is 277 g/mol.